The zero-order valence-electron chi connectivity index (χ0n) is 14.9. The van der Waals surface area contributed by atoms with Crippen LogP contribution in [0.15, 0.2) is 24.3 Å². The number of amides is 1. The van der Waals surface area contributed by atoms with Crippen LogP contribution in [0.2, 0.25) is 5.02 Å². The van der Waals surface area contributed by atoms with Crippen molar-refractivity contribution < 1.29 is 14.7 Å². The number of halogens is 1. The van der Waals surface area contributed by atoms with Crippen molar-refractivity contribution in [3.63, 3.8) is 0 Å². The number of carboxylic acids is 1. The minimum absolute atomic E-state index is 0.0991. The van der Waals surface area contributed by atoms with E-state index in [0.717, 1.165) is 44.6 Å². The van der Waals surface area contributed by atoms with E-state index in [9.17, 15) is 9.59 Å². The van der Waals surface area contributed by atoms with E-state index in [-0.39, 0.29) is 18.4 Å². The van der Waals surface area contributed by atoms with Gasteiger partial charge in [-0.05, 0) is 57.5 Å². The molecule has 2 saturated heterocycles. The molecule has 0 aromatic heterocycles. The zero-order valence-corrected chi connectivity index (χ0v) is 15.6. The van der Waals surface area contributed by atoms with Gasteiger partial charge in [-0.3, -0.25) is 9.59 Å². The number of nitrogens with one attached hydrogen (secondary N) is 1. The number of benzene rings is 1. The topological polar surface area (TPSA) is 72.9 Å². The summed E-state index contributed by atoms with van der Waals surface area (Å²) in [6, 6.07) is 7.66. The second kappa shape index (κ2) is 8.84. The van der Waals surface area contributed by atoms with E-state index < -0.39 is 5.97 Å². The third-order valence-electron chi connectivity index (χ3n) is 5.24. The van der Waals surface area contributed by atoms with E-state index in [1.165, 1.54) is 0 Å². The molecule has 1 unspecified atom stereocenters. The smallest absolute Gasteiger partial charge is 0.303 e. The fourth-order valence-corrected chi connectivity index (χ4v) is 4.04. The number of carbonyl (C=O) groups excluding carboxylic acids is 1. The average Bonchev–Trinajstić information content (AvgIpc) is 2.97. The van der Waals surface area contributed by atoms with Crippen molar-refractivity contribution in [2.75, 3.05) is 31.1 Å². The molecule has 142 valence electrons. The Hall–Kier alpha value is -1.63. The van der Waals surface area contributed by atoms with E-state index >= 15 is 0 Å². The molecule has 7 heteroatoms. The van der Waals surface area contributed by atoms with Crippen molar-refractivity contribution in [3.05, 3.63) is 29.3 Å². The van der Waals surface area contributed by atoms with Gasteiger partial charge >= 0.3 is 5.97 Å². The first-order chi connectivity index (χ1) is 12.5. The van der Waals surface area contributed by atoms with Gasteiger partial charge in [-0.2, -0.15) is 0 Å². The molecule has 1 amide bonds. The van der Waals surface area contributed by atoms with Gasteiger partial charge in [0, 0.05) is 19.0 Å². The van der Waals surface area contributed by atoms with Gasteiger partial charge in [-0.15, -0.1) is 0 Å². The second-order valence-electron chi connectivity index (χ2n) is 7.06. The maximum Gasteiger partial charge on any atom is 0.303 e. The first kappa shape index (κ1) is 19.1. The summed E-state index contributed by atoms with van der Waals surface area (Å²) in [6.07, 6.45) is 3.70. The van der Waals surface area contributed by atoms with Gasteiger partial charge in [0.1, 0.15) is 0 Å². The Morgan fingerprint density at radius 3 is 2.62 bits per heavy atom. The van der Waals surface area contributed by atoms with Crippen LogP contribution in [0.3, 0.4) is 0 Å². The molecule has 6 nitrogen and oxygen atoms in total. The van der Waals surface area contributed by atoms with Crippen molar-refractivity contribution in [1.82, 2.24) is 10.2 Å². The van der Waals surface area contributed by atoms with Crippen LogP contribution in [0.25, 0.3) is 0 Å². The molecule has 2 N–H and O–H groups in total. The van der Waals surface area contributed by atoms with E-state index in [1.54, 1.807) is 4.90 Å². The normalized spacial score (nSPS) is 22.1. The van der Waals surface area contributed by atoms with Crippen LogP contribution in [-0.4, -0.2) is 60.1 Å². The van der Waals surface area contributed by atoms with Crippen LogP contribution in [0.5, 0.6) is 0 Å². The molecule has 1 aromatic rings. The summed E-state index contributed by atoms with van der Waals surface area (Å²) in [5.74, 6) is -0.633. The molecule has 0 aliphatic carbocycles. The monoisotopic (exact) mass is 379 g/mol. The molecule has 2 aliphatic heterocycles. The highest BCUT2D eigenvalue weighted by Crippen LogP contribution is 2.29. The molecular formula is C19H26ClN3O3. The Morgan fingerprint density at radius 1 is 1.19 bits per heavy atom. The number of carboxylic acid groups (broad SMARTS) is 1. The fourth-order valence-electron chi connectivity index (χ4n) is 3.81. The first-order valence-electron chi connectivity index (χ1n) is 9.30. The largest absolute Gasteiger partial charge is 0.481 e. The van der Waals surface area contributed by atoms with Crippen LogP contribution in [0.1, 0.15) is 32.1 Å². The van der Waals surface area contributed by atoms with Gasteiger partial charge in [0.05, 0.1) is 16.8 Å². The van der Waals surface area contributed by atoms with Crippen molar-refractivity contribution in [2.24, 2.45) is 0 Å². The Balaban J connectivity index is 1.45. The quantitative estimate of drug-likeness (QED) is 0.760. The van der Waals surface area contributed by atoms with E-state index in [2.05, 4.69) is 10.2 Å². The number of carbonyl (C=O) groups is 2. The van der Waals surface area contributed by atoms with Gasteiger partial charge < -0.3 is 20.2 Å². The summed E-state index contributed by atoms with van der Waals surface area (Å²) in [7, 11) is 0. The Kier molecular flexibility index (Phi) is 6.51. The van der Waals surface area contributed by atoms with E-state index in [0.29, 0.717) is 24.0 Å². The molecule has 0 saturated carbocycles. The molecule has 3 rings (SSSR count). The molecule has 2 heterocycles. The minimum atomic E-state index is -0.732. The maximum absolute atomic E-state index is 12.7. The van der Waals surface area contributed by atoms with Crippen molar-refractivity contribution in [2.45, 2.75) is 44.2 Å². The van der Waals surface area contributed by atoms with Gasteiger partial charge in [-0.1, -0.05) is 23.7 Å². The Morgan fingerprint density at radius 2 is 1.92 bits per heavy atom. The van der Waals surface area contributed by atoms with Crippen LogP contribution in [0.4, 0.5) is 5.69 Å². The highest BCUT2D eigenvalue weighted by Gasteiger charge is 2.35. The maximum atomic E-state index is 12.7. The minimum Gasteiger partial charge on any atom is -0.481 e. The zero-order chi connectivity index (χ0) is 18.5. The summed E-state index contributed by atoms with van der Waals surface area (Å²) in [6.45, 7) is 3.43. The number of hydrogen-bond acceptors (Lipinski definition) is 4. The molecule has 0 bridgehead atoms. The summed E-state index contributed by atoms with van der Waals surface area (Å²) < 4.78 is 0. The number of anilines is 1. The van der Waals surface area contributed by atoms with Gasteiger partial charge in [0.25, 0.3) is 0 Å². The third kappa shape index (κ3) is 4.75. The third-order valence-corrected chi connectivity index (χ3v) is 5.56. The molecule has 2 fully saturated rings. The molecule has 26 heavy (non-hydrogen) atoms. The summed E-state index contributed by atoms with van der Waals surface area (Å²) in [4.78, 5) is 27.4. The van der Waals surface area contributed by atoms with Gasteiger partial charge in [0.15, 0.2) is 0 Å². The Bertz CT molecular complexity index is 647. The van der Waals surface area contributed by atoms with Crippen LogP contribution >= 0.6 is 11.6 Å². The predicted octanol–water partition coefficient (Wildman–Crippen LogP) is 2.36. The first-order valence-corrected chi connectivity index (χ1v) is 9.68. The standard InChI is InChI=1S/C19H26ClN3O3/c20-15-4-1-2-5-17(15)23-13-9-16(19(23)26)21-14-7-11-22(12-8-14)10-3-6-18(24)25/h1-2,4-5,14,16,21H,3,6-13H2,(H,24,25). The number of para-hydroxylation sites is 1. The summed E-state index contributed by atoms with van der Waals surface area (Å²) >= 11 is 6.23. The number of hydrogen-bond donors (Lipinski definition) is 2. The summed E-state index contributed by atoms with van der Waals surface area (Å²) in [5.41, 5.74) is 0.789. The van der Waals surface area contributed by atoms with Crippen molar-refractivity contribution in [1.29, 1.82) is 0 Å². The number of rotatable bonds is 7. The van der Waals surface area contributed by atoms with E-state index in [4.69, 9.17) is 16.7 Å². The van der Waals surface area contributed by atoms with Crippen molar-refractivity contribution >= 4 is 29.2 Å². The predicted molar refractivity (Wildman–Crippen MR) is 102 cm³/mol. The molecule has 1 aromatic carbocycles. The summed E-state index contributed by atoms with van der Waals surface area (Å²) in [5, 5.41) is 12.9. The van der Waals surface area contributed by atoms with Gasteiger partial charge in [0.2, 0.25) is 5.91 Å². The number of piperidine rings is 1. The highest BCUT2D eigenvalue weighted by molar-refractivity contribution is 6.33. The lowest BCUT2D eigenvalue weighted by atomic mass is 10.0. The van der Waals surface area contributed by atoms with Gasteiger partial charge in [-0.25, -0.2) is 0 Å². The Labute approximate surface area is 159 Å². The molecule has 1 atom stereocenters. The lowest BCUT2D eigenvalue weighted by molar-refractivity contribution is -0.137. The lowest BCUT2D eigenvalue weighted by Gasteiger charge is -2.33. The number of nitrogens with zero attached hydrogens (tertiary/aromatic N) is 2. The highest BCUT2D eigenvalue weighted by atomic mass is 35.5. The van der Waals surface area contributed by atoms with Crippen LogP contribution in [0, 0.1) is 0 Å². The van der Waals surface area contributed by atoms with E-state index in [1.807, 2.05) is 24.3 Å². The molecule has 2 aliphatic rings. The fraction of sp³-hybridized carbons (Fsp3) is 0.579. The second-order valence-corrected chi connectivity index (χ2v) is 7.47. The average molecular weight is 380 g/mol. The number of aliphatic carboxylic acids is 1. The lowest BCUT2D eigenvalue weighted by Crippen LogP contribution is -2.49. The molecule has 0 radical (unpaired) electrons. The van der Waals surface area contributed by atoms with Crippen LogP contribution in [-0.2, 0) is 9.59 Å². The number of likely N-dealkylation sites (tertiary alicyclic amines) is 1. The SMILES string of the molecule is O=C(O)CCCN1CCC(NC2CCN(c3ccccc3Cl)C2=O)CC1. The molecule has 0 spiro atoms. The van der Waals surface area contributed by atoms with Crippen molar-refractivity contribution in [3.8, 4) is 0 Å². The molecular weight excluding hydrogens is 354 g/mol. The van der Waals surface area contributed by atoms with Crippen LogP contribution < -0.4 is 10.2 Å².